The van der Waals surface area contributed by atoms with Gasteiger partial charge in [0.15, 0.2) is 5.76 Å². The van der Waals surface area contributed by atoms with Gasteiger partial charge in [0.05, 0.1) is 7.11 Å². The second-order valence-electron chi connectivity index (χ2n) is 5.11. The number of carbonyl (C=O) groups excluding carboxylic acids is 2. The van der Waals surface area contributed by atoms with Gasteiger partial charge in [-0.2, -0.15) is 0 Å². The van der Waals surface area contributed by atoms with E-state index in [0.717, 1.165) is 17.9 Å². The molecular formula is C17H16ClNO6. The fraction of sp³-hybridized carbons (Fsp3) is 0.235. The molecule has 2 rings (SSSR count). The molecular weight excluding hydrogens is 350 g/mol. The van der Waals surface area contributed by atoms with Gasteiger partial charge < -0.3 is 19.2 Å². The van der Waals surface area contributed by atoms with Gasteiger partial charge in [0, 0.05) is 11.1 Å². The van der Waals surface area contributed by atoms with Crippen molar-refractivity contribution >= 4 is 23.5 Å². The normalized spacial score (nSPS) is 11.5. The molecule has 8 heteroatoms. The lowest BCUT2D eigenvalue weighted by Gasteiger charge is -2.11. The SMILES string of the molecule is COC(=O)C(C)NC(=O)c1cc(=O)c(OCc2ccc(Cl)cc2)co1. The number of ether oxygens (including phenoxy) is 2. The van der Waals surface area contributed by atoms with Crippen LogP contribution in [-0.4, -0.2) is 25.0 Å². The molecule has 1 atom stereocenters. The van der Waals surface area contributed by atoms with Crippen LogP contribution < -0.4 is 15.5 Å². The van der Waals surface area contributed by atoms with Gasteiger partial charge in [-0.25, -0.2) is 4.79 Å². The summed E-state index contributed by atoms with van der Waals surface area (Å²) in [5.74, 6) is -1.59. The van der Waals surface area contributed by atoms with Crippen LogP contribution in [0.3, 0.4) is 0 Å². The minimum atomic E-state index is -0.872. The van der Waals surface area contributed by atoms with Crippen LogP contribution in [0.1, 0.15) is 23.0 Å². The number of rotatable bonds is 6. The molecule has 2 aromatic rings. The van der Waals surface area contributed by atoms with Crippen LogP contribution in [0.25, 0.3) is 0 Å². The zero-order valence-corrected chi connectivity index (χ0v) is 14.3. The number of esters is 1. The Morgan fingerprint density at radius 3 is 2.56 bits per heavy atom. The van der Waals surface area contributed by atoms with Crippen LogP contribution in [0.2, 0.25) is 5.02 Å². The Kier molecular flexibility index (Phi) is 6.19. The molecule has 1 aromatic heterocycles. The van der Waals surface area contributed by atoms with Crippen LogP contribution in [0.5, 0.6) is 5.75 Å². The topological polar surface area (TPSA) is 94.8 Å². The number of hydrogen-bond acceptors (Lipinski definition) is 6. The molecule has 1 aromatic carbocycles. The fourth-order valence-corrected chi connectivity index (χ4v) is 1.99. The molecule has 1 unspecified atom stereocenters. The molecule has 0 bridgehead atoms. The summed E-state index contributed by atoms with van der Waals surface area (Å²) in [7, 11) is 1.21. The zero-order valence-electron chi connectivity index (χ0n) is 13.6. The van der Waals surface area contributed by atoms with Crippen molar-refractivity contribution in [3.8, 4) is 5.75 Å². The summed E-state index contributed by atoms with van der Waals surface area (Å²) >= 11 is 5.79. The molecule has 0 aliphatic rings. The van der Waals surface area contributed by atoms with Crippen LogP contribution in [0, 0.1) is 0 Å². The lowest BCUT2D eigenvalue weighted by molar-refractivity contribution is -0.142. The summed E-state index contributed by atoms with van der Waals surface area (Å²) in [5, 5.41) is 2.95. The summed E-state index contributed by atoms with van der Waals surface area (Å²) < 4.78 is 15.0. The first-order valence-corrected chi connectivity index (χ1v) is 7.67. The Balaban J connectivity index is 2.02. The maximum atomic E-state index is 12.0. The number of methoxy groups -OCH3 is 1. The number of amides is 1. The number of benzene rings is 1. The van der Waals surface area contributed by atoms with Gasteiger partial charge in [-0.3, -0.25) is 9.59 Å². The van der Waals surface area contributed by atoms with E-state index in [9.17, 15) is 14.4 Å². The van der Waals surface area contributed by atoms with E-state index < -0.39 is 23.3 Å². The van der Waals surface area contributed by atoms with Crippen LogP contribution in [0.15, 0.2) is 45.8 Å². The van der Waals surface area contributed by atoms with E-state index in [1.165, 1.54) is 14.0 Å². The Labute approximate surface area is 148 Å². The Hall–Kier alpha value is -2.80. The zero-order chi connectivity index (χ0) is 18.4. The molecule has 1 amide bonds. The van der Waals surface area contributed by atoms with Gasteiger partial charge in [-0.05, 0) is 24.6 Å². The van der Waals surface area contributed by atoms with Crippen molar-refractivity contribution in [1.82, 2.24) is 5.32 Å². The number of carbonyl (C=O) groups is 2. The van der Waals surface area contributed by atoms with Crippen LogP contribution in [0.4, 0.5) is 0 Å². The molecule has 0 saturated heterocycles. The monoisotopic (exact) mass is 365 g/mol. The molecule has 0 radical (unpaired) electrons. The van der Waals surface area contributed by atoms with Gasteiger partial charge in [0.25, 0.3) is 5.91 Å². The van der Waals surface area contributed by atoms with Gasteiger partial charge in [-0.1, -0.05) is 23.7 Å². The fourth-order valence-electron chi connectivity index (χ4n) is 1.87. The Bertz CT molecular complexity index is 815. The molecule has 0 saturated carbocycles. The smallest absolute Gasteiger partial charge is 0.328 e. The summed E-state index contributed by atoms with van der Waals surface area (Å²) in [6.07, 6.45) is 1.05. The first-order valence-electron chi connectivity index (χ1n) is 7.29. The quantitative estimate of drug-likeness (QED) is 0.788. The van der Waals surface area contributed by atoms with Crippen molar-refractivity contribution in [2.75, 3.05) is 7.11 Å². The minimum absolute atomic E-state index is 0.0347. The standard InChI is InChI=1S/C17H16ClNO6/c1-10(17(22)23-2)19-16(21)14-7-13(20)15(9-25-14)24-8-11-3-5-12(18)6-4-11/h3-7,9-10H,8H2,1-2H3,(H,19,21). The van der Waals surface area contributed by atoms with E-state index in [-0.39, 0.29) is 18.1 Å². The number of nitrogens with one attached hydrogen (secondary N) is 1. The van der Waals surface area contributed by atoms with Crippen molar-refractivity contribution in [2.24, 2.45) is 0 Å². The molecule has 7 nitrogen and oxygen atoms in total. The van der Waals surface area contributed by atoms with Crippen molar-refractivity contribution in [3.05, 3.63) is 63.2 Å². The number of hydrogen-bond donors (Lipinski definition) is 1. The summed E-state index contributed by atoms with van der Waals surface area (Å²) in [5.41, 5.74) is 0.300. The van der Waals surface area contributed by atoms with Crippen molar-refractivity contribution in [3.63, 3.8) is 0 Å². The second-order valence-corrected chi connectivity index (χ2v) is 5.54. The van der Waals surface area contributed by atoms with Crippen molar-refractivity contribution < 1.29 is 23.5 Å². The molecule has 25 heavy (non-hydrogen) atoms. The van der Waals surface area contributed by atoms with E-state index in [2.05, 4.69) is 10.1 Å². The highest BCUT2D eigenvalue weighted by atomic mass is 35.5. The molecule has 1 N–H and O–H groups in total. The average Bonchev–Trinajstić information content (AvgIpc) is 2.61. The summed E-state index contributed by atoms with van der Waals surface area (Å²) in [6.45, 7) is 1.60. The van der Waals surface area contributed by atoms with E-state index >= 15 is 0 Å². The van der Waals surface area contributed by atoms with Crippen LogP contribution in [-0.2, 0) is 16.1 Å². The maximum Gasteiger partial charge on any atom is 0.328 e. The van der Waals surface area contributed by atoms with Gasteiger partial charge >= 0.3 is 5.97 Å². The maximum absolute atomic E-state index is 12.0. The van der Waals surface area contributed by atoms with Gasteiger partial charge in [-0.15, -0.1) is 0 Å². The minimum Gasteiger partial charge on any atom is -0.482 e. The number of halogens is 1. The third kappa shape index (κ3) is 5.09. The molecule has 1 heterocycles. The van der Waals surface area contributed by atoms with E-state index in [4.69, 9.17) is 20.8 Å². The predicted octanol–water partition coefficient (Wildman–Crippen LogP) is 2.16. The molecule has 0 spiro atoms. The van der Waals surface area contributed by atoms with Gasteiger partial charge in [0.2, 0.25) is 11.2 Å². The van der Waals surface area contributed by atoms with Gasteiger partial charge in [0.1, 0.15) is 18.9 Å². The lowest BCUT2D eigenvalue weighted by atomic mass is 10.2. The third-order valence-corrected chi connectivity index (χ3v) is 3.48. The largest absolute Gasteiger partial charge is 0.482 e. The highest BCUT2D eigenvalue weighted by Crippen LogP contribution is 2.12. The van der Waals surface area contributed by atoms with E-state index in [1.807, 2.05) is 0 Å². The molecule has 0 fully saturated rings. The summed E-state index contributed by atoms with van der Waals surface area (Å²) in [4.78, 5) is 35.2. The van der Waals surface area contributed by atoms with Crippen molar-refractivity contribution in [1.29, 1.82) is 0 Å². The highest BCUT2D eigenvalue weighted by molar-refractivity contribution is 6.30. The third-order valence-electron chi connectivity index (χ3n) is 3.23. The molecule has 132 valence electrons. The summed E-state index contributed by atoms with van der Waals surface area (Å²) in [6, 6.07) is 7.07. The van der Waals surface area contributed by atoms with E-state index in [1.54, 1.807) is 24.3 Å². The van der Waals surface area contributed by atoms with Crippen molar-refractivity contribution in [2.45, 2.75) is 19.6 Å². The van der Waals surface area contributed by atoms with E-state index in [0.29, 0.717) is 5.02 Å². The second kappa shape index (κ2) is 8.34. The molecule has 0 aliphatic carbocycles. The highest BCUT2D eigenvalue weighted by Gasteiger charge is 2.19. The molecule has 0 aliphatic heterocycles. The Morgan fingerprint density at radius 2 is 1.96 bits per heavy atom. The first-order chi connectivity index (χ1) is 11.9. The Morgan fingerprint density at radius 1 is 1.28 bits per heavy atom. The average molecular weight is 366 g/mol. The van der Waals surface area contributed by atoms with Crippen LogP contribution >= 0.6 is 11.6 Å². The first kappa shape index (κ1) is 18.5. The lowest BCUT2D eigenvalue weighted by Crippen LogP contribution is -2.39. The predicted molar refractivity (Wildman–Crippen MR) is 89.7 cm³/mol.